The van der Waals surface area contributed by atoms with E-state index in [1.165, 1.54) is 18.4 Å². The van der Waals surface area contributed by atoms with Gasteiger partial charge in [0, 0.05) is 31.5 Å². The van der Waals surface area contributed by atoms with E-state index in [4.69, 9.17) is 17.0 Å². The van der Waals surface area contributed by atoms with Crippen molar-refractivity contribution in [3.8, 4) is 5.75 Å². The summed E-state index contributed by atoms with van der Waals surface area (Å²) >= 11 is 5.30. The smallest absolute Gasteiger partial charge is 0.242 e. The van der Waals surface area contributed by atoms with Crippen LogP contribution in [0.5, 0.6) is 5.75 Å². The summed E-state index contributed by atoms with van der Waals surface area (Å²) in [4.78, 5) is 0.242. The minimum atomic E-state index is -3.52. The van der Waals surface area contributed by atoms with Crippen molar-refractivity contribution >= 4 is 38.7 Å². The summed E-state index contributed by atoms with van der Waals surface area (Å²) in [5.74, 6) is 0.711. The Morgan fingerprint density at radius 3 is 2.32 bits per heavy atom. The second-order valence-electron chi connectivity index (χ2n) is 5.58. The standard InChI is InChI=1S/C17H21N3O3S2/c1-12-8-9-14(11-16(12)25(21,22)20(2)3)19-17(24)18-13-6-5-7-15(10-13)23-4/h5-11H,1-4H3,(H2,18,19,24). The highest BCUT2D eigenvalue weighted by molar-refractivity contribution is 7.89. The highest BCUT2D eigenvalue weighted by Gasteiger charge is 2.20. The van der Waals surface area contributed by atoms with Crippen molar-refractivity contribution in [1.82, 2.24) is 4.31 Å². The van der Waals surface area contributed by atoms with Gasteiger partial charge in [0.2, 0.25) is 10.0 Å². The number of hydrogen-bond donors (Lipinski definition) is 2. The Kier molecular flexibility index (Phi) is 5.99. The van der Waals surface area contributed by atoms with Gasteiger partial charge in [-0.05, 0) is 49.0 Å². The van der Waals surface area contributed by atoms with E-state index in [0.29, 0.717) is 22.1 Å². The van der Waals surface area contributed by atoms with Crippen molar-refractivity contribution in [2.75, 3.05) is 31.8 Å². The lowest BCUT2D eigenvalue weighted by atomic mass is 10.2. The molecule has 2 rings (SSSR count). The number of benzene rings is 2. The minimum Gasteiger partial charge on any atom is -0.497 e. The van der Waals surface area contributed by atoms with Gasteiger partial charge in [-0.3, -0.25) is 0 Å². The molecule has 0 aliphatic rings. The van der Waals surface area contributed by atoms with Crippen LogP contribution in [-0.2, 0) is 10.0 Å². The molecule has 6 nitrogen and oxygen atoms in total. The summed E-state index contributed by atoms with van der Waals surface area (Å²) in [6, 6.07) is 12.4. The zero-order chi connectivity index (χ0) is 18.6. The molecular formula is C17H21N3O3S2. The molecule has 0 unspecified atom stereocenters. The van der Waals surface area contributed by atoms with Crippen LogP contribution >= 0.6 is 12.2 Å². The van der Waals surface area contributed by atoms with Gasteiger partial charge >= 0.3 is 0 Å². The second-order valence-corrected chi connectivity index (χ2v) is 8.11. The van der Waals surface area contributed by atoms with Crippen LogP contribution in [0.2, 0.25) is 0 Å². The summed E-state index contributed by atoms with van der Waals surface area (Å²) in [6.07, 6.45) is 0. The van der Waals surface area contributed by atoms with Crippen molar-refractivity contribution in [3.05, 3.63) is 48.0 Å². The maximum Gasteiger partial charge on any atom is 0.242 e. The molecular weight excluding hydrogens is 358 g/mol. The lowest BCUT2D eigenvalue weighted by Crippen LogP contribution is -2.24. The first-order valence-electron chi connectivity index (χ1n) is 7.49. The van der Waals surface area contributed by atoms with Gasteiger partial charge in [-0.1, -0.05) is 12.1 Å². The molecule has 0 bridgehead atoms. The topological polar surface area (TPSA) is 70.7 Å². The molecule has 2 N–H and O–H groups in total. The van der Waals surface area contributed by atoms with Crippen LogP contribution < -0.4 is 15.4 Å². The predicted octanol–water partition coefficient (Wildman–Crippen LogP) is 3.06. The third kappa shape index (κ3) is 4.68. The Hall–Kier alpha value is -2.16. The molecule has 25 heavy (non-hydrogen) atoms. The van der Waals surface area contributed by atoms with Crippen LogP contribution in [0.4, 0.5) is 11.4 Å². The molecule has 8 heteroatoms. The van der Waals surface area contributed by atoms with Crippen LogP contribution in [0.25, 0.3) is 0 Å². The Morgan fingerprint density at radius 2 is 1.72 bits per heavy atom. The van der Waals surface area contributed by atoms with E-state index in [9.17, 15) is 8.42 Å². The van der Waals surface area contributed by atoms with Gasteiger partial charge in [-0.15, -0.1) is 0 Å². The summed E-state index contributed by atoms with van der Waals surface area (Å²) in [6.45, 7) is 1.76. The number of rotatable bonds is 5. The summed E-state index contributed by atoms with van der Waals surface area (Å²) in [7, 11) is 1.08. The SMILES string of the molecule is COc1cccc(NC(=S)Nc2ccc(C)c(S(=O)(=O)N(C)C)c2)c1. The number of anilines is 2. The fourth-order valence-corrected chi connectivity index (χ4v) is 3.53. The van der Waals surface area contributed by atoms with Crippen LogP contribution in [-0.4, -0.2) is 39.0 Å². The number of nitrogens with one attached hydrogen (secondary N) is 2. The molecule has 0 atom stereocenters. The van der Waals surface area contributed by atoms with Crippen LogP contribution in [0.3, 0.4) is 0 Å². The second kappa shape index (κ2) is 7.81. The highest BCUT2D eigenvalue weighted by Crippen LogP contribution is 2.23. The largest absolute Gasteiger partial charge is 0.497 e. The zero-order valence-electron chi connectivity index (χ0n) is 14.5. The first kappa shape index (κ1) is 19.2. The Bertz CT molecular complexity index is 880. The molecule has 134 valence electrons. The van der Waals surface area contributed by atoms with E-state index in [1.807, 2.05) is 24.3 Å². The van der Waals surface area contributed by atoms with E-state index in [0.717, 1.165) is 5.69 Å². The first-order valence-corrected chi connectivity index (χ1v) is 9.34. The molecule has 0 saturated heterocycles. The lowest BCUT2D eigenvalue weighted by Gasteiger charge is -2.16. The van der Waals surface area contributed by atoms with E-state index in [-0.39, 0.29) is 4.90 Å². The molecule has 0 fully saturated rings. The van der Waals surface area contributed by atoms with Crippen molar-refractivity contribution in [2.45, 2.75) is 11.8 Å². The van der Waals surface area contributed by atoms with Gasteiger partial charge in [-0.25, -0.2) is 12.7 Å². The van der Waals surface area contributed by atoms with Crippen LogP contribution in [0.15, 0.2) is 47.4 Å². The van der Waals surface area contributed by atoms with Crippen LogP contribution in [0, 0.1) is 6.92 Å². The predicted molar refractivity (Wildman–Crippen MR) is 105 cm³/mol. The summed E-state index contributed by atoms with van der Waals surface area (Å²) < 4.78 is 31.1. The molecule has 2 aromatic rings. The number of aryl methyl sites for hydroxylation is 1. The third-order valence-corrected chi connectivity index (χ3v) is 5.69. The molecule has 0 aromatic heterocycles. The van der Waals surface area contributed by atoms with Crippen molar-refractivity contribution in [3.63, 3.8) is 0 Å². The maximum atomic E-state index is 12.4. The average Bonchev–Trinajstić information content (AvgIpc) is 2.56. The Balaban J connectivity index is 2.19. The fraction of sp³-hybridized carbons (Fsp3) is 0.235. The van der Waals surface area contributed by atoms with Gasteiger partial charge in [0.25, 0.3) is 0 Å². The molecule has 2 aromatic carbocycles. The van der Waals surface area contributed by atoms with Crippen LogP contribution in [0.1, 0.15) is 5.56 Å². The molecule has 0 saturated carbocycles. The van der Waals surface area contributed by atoms with Gasteiger partial charge in [0.05, 0.1) is 12.0 Å². The van der Waals surface area contributed by atoms with Crippen molar-refractivity contribution in [2.24, 2.45) is 0 Å². The van der Waals surface area contributed by atoms with E-state index >= 15 is 0 Å². The summed E-state index contributed by atoms with van der Waals surface area (Å²) in [5, 5.41) is 6.40. The molecule has 0 aliphatic heterocycles. The zero-order valence-corrected chi connectivity index (χ0v) is 16.2. The Labute approximate surface area is 153 Å². The number of methoxy groups -OCH3 is 1. The van der Waals surface area contributed by atoms with E-state index in [1.54, 1.807) is 32.2 Å². The van der Waals surface area contributed by atoms with Gasteiger partial charge in [-0.2, -0.15) is 0 Å². The van der Waals surface area contributed by atoms with Crippen molar-refractivity contribution in [1.29, 1.82) is 0 Å². The van der Waals surface area contributed by atoms with E-state index < -0.39 is 10.0 Å². The van der Waals surface area contributed by atoms with E-state index in [2.05, 4.69) is 10.6 Å². The van der Waals surface area contributed by atoms with Gasteiger partial charge < -0.3 is 15.4 Å². The quantitative estimate of drug-likeness (QED) is 0.778. The molecule has 0 spiro atoms. The number of hydrogen-bond acceptors (Lipinski definition) is 4. The Morgan fingerprint density at radius 1 is 1.08 bits per heavy atom. The maximum absolute atomic E-state index is 12.4. The molecule has 0 amide bonds. The third-order valence-electron chi connectivity index (χ3n) is 3.53. The van der Waals surface area contributed by atoms with Gasteiger partial charge in [0.1, 0.15) is 5.75 Å². The molecule has 0 aliphatic carbocycles. The minimum absolute atomic E-state index is 0.242. The number of nitrogens with zero attached hydrogens (tertiary/aromatic N) is 1. The lowest BCUT2D eigenvalue weighted by molar-refractivity contribution is 0.415. The normalized spacial score (nSPS) is 11.2. The summed E-state index contributed by atoms with van der Waals surface area (Å²) in [5.41, 5.74) is 2.03. The van der Waals surface area contributed by atoms with Crippen molar-refractivity contribution < 1.29 is 13.2 Å². The number of thiocarbonyl (C=S) groups is 1. The monoisotopic (exact) mass is 379 g/mol. The molecule has 0 heterocycles. The highest BCUT2D eigenvalue weighted by atomic mass is 32.2. The number of ether oxygens (including phenoxy) is 1. The first-order chi connectivity index (χ1) is 11.7. The number of sulfonamides is 1. The molecule has 0 radical (unpaired) electrons. The average molecular weight is 380 g/mol. The van der Waals surface area contributed by atoms with Gasteiger partial charge in [0.15, 0.2) is 5.11 Å². The fourth-order valence-electron chi connectivity index (χ4n) is 2.15.